The van der Waals surface area contributed by atoms with Crippen LogP contribution < -0.4 is 11.1 Å². The van der Waals surface area contributed by atoms with Gasteiger partial charge in [-0.25, -0.2) is 4.98 Å². The van der Waals surface area contributed by atoms with Crippen LogP contribution in [0, 0.1) is 0 Å². The van der Waals surface area contributed by atoms with Crippen LogP contribution in [0.15, 0.2) is 52.2 Å². The fourth-order valence-corrected chi connectivity index (χ4v) is 2.89. The Hall–Kier alpha value is -2.34. The van der Waals surface area contributed by atoms with Crippen molar-refractivity contribution in [2.24, 2.45) is 10.7 Å². The van der Waals surface area contributed by atoms with E-state index in [1.807, 2.05) is 30.3 Å². The Morgan fingerprint density at radius 1 is 1.26 bits per heavy atom. The zero-order valence-electron chi connectivity index (χ0n) is 13.2. The summed E-state index contributed by atoms with van der Waals surface area (Å²) in [6, 6.07) is 9.69. The molecule has 0 radical (unpaired) electrons. The molecule has 3 rings (SSSR count). The normalized spacial score (nSPS) is 17.8. The maximum Gasteiger partial charge on any atom is 0.194 e. The number of nitrogens with two attached hydrogens (primary N) is 1. The zero-order chi connectivity index (χ0) is 15.9. The lowest BCUT2D eigenvalue weighted by Crippen LogP contribution is -2.36. The monoisotopic (exact) mass is 313 g/mol. The average molecular weight is 313 g/mol. The number of likely N-dealkylation sites (tertiary alicyclic amines) is 1. The van der Waals surface area contributed by atoms with Crippen molar-refractivity contribution in [1.29, 1.82) is 0 Å². The van der Waals surface area contributed by atoms with E-state index in [0.29, 0.717) is 18.3 Å². The van der Waals surface area contributed by atoms with Crippen molar-refractivity contribution < 1.29 is 4.42 Å². The van der Waals surface area contributed by atoms with Crippen LogP contribution in [0.25, 0.3) is 0 Å². The predicted molar refractivity (Wildman–Crippen MR) is 91.2 cm³/mol. The van der Waals surface area contributed by atoms with Crippen LogP contribution in [0.3, 0.4) is 0 Å². The summed E-state index contributed by atoms with van der Waals surface area (Å²) < 4.78 is 5.61. The smallest absolute Gasteiger partial charge is 0.194 e. The molecule has 23 heavy (non-hydrogen) atoms. The zero-order valence-corrected chi connectivity index (χ0v) is 13.2. The molecule has 0 spiro atoms. The number of nitrogens with one attached hydrogen (secondary N) is 1. The molecule has 6 heteroatoms. The van der Waals surface area contributed by atoms with Crippen molar-refractivity contribution in [3.05, 3.63) is 48.6 Å². The van der Waals surface area contributed by atoms with E-state index >= 15 is 0 Å². The first-order valence-corrected chi connectivity index (χ1v) is 8.08. The SMILES string of the molecule is NC(=NCC(c1ccco1)N1CCCCC1)Nc1ccccn1. The molecule has 1 atom stereocenters. The van der Waals surface area contributed by atoms with Gasteiger partial charge in [-0.1, -0.05) is 12.5 Å². The minimum atomic E-state index is 0.134. The quantitative estimate of drug-likeness (QED) is 0.655. The lowest BCUT2D eigenvalue weighted by atomic mass is 10.1. The number of pyridine rings is 1. The molecule has 2 aromatic heterocycles. The Kier molecular flexibility index (Phi) is 5.26. The van der Waals surface area contributed by atoms with E-state index in [-0.39, 0.29) is 6.04 Å². The highest BCUT2D eigenvalue weighted by Crippen LogP contribution is 2.25. The fourth-order valence-electron chi connectivity index (χ4n) is 2.89. The molecule has 2 aromatic rings. The van der Waals surface area contributed by atoms with Crippen molar-refractivity contribution in [3.8, 4) is 0 Å². The largest absolute Gasteiger partial charge is 0.468 e. The van der Waals surface area contributed by atoms with Crippen molar-refractivity contribution in [1.82, 2.24) is 9.88 Å². The second kappa shape index (κ2) is 7.78. The van der Waals surface area contributed by atoms with Crippen LogP contribution in [0.2, 0.25) is 0 Å². The Morgan fingerprint density at radius 3 is 2.83 bits per heavy atom. The number of aromatic nitrogens is 1. The van der Waals surface area contributed by atoms with Crippen LogP contribution in [-0.2, 0) is 0 Å². The van der Waals surface area contributed by atoms with Gasteiger partial charge in [0, 0.05) is 6.20 Å². The Labute approximate surface area is 136 Å². The summed E-state index contributed by atoms with van der Waals surface area (Å²) in [5, 5.41) is 3.01. The Bertz CT molecular complexity index is 605. The summed E-state index contributed by atoms with van der Waals surface area (Å²) in [6.45, 7) is 2.72. The molecule has 3 heterocycles. The number of piperidine rings is 1. The number of rotatable bonds is 5. The van der Waals surface area contributed by atoms with Gasteiger partial charge in [-0.2, -0.15) is 0 Å². The molecular formula is C17H23N5O. The molecule has 0 bridgehead atoms. The first-order valence-electron chi connectivity index (χ1n) is 8.08. The molecule has 1 saturated heterocycles. The molecule has 0 saturated carbocycles. The van der Waals surface area contributed by atoms with Gasteiger partial charge >= 0.3 is 0 Å². The predicted octanol–water partition coefficient (Wildman–Crippen LogP) is 2.63. The number of hydrogen-bond acceptors (Lipinski definition) is 4. The van der Waals surface area contributed by atoms with E-state index < -0.39 is 0 Å². The van der Waals surface area contributed by atoms with Crippen LogP contribution >= 0.6 is 0 Å². The first-order chi connectivity index (χ1) is 11.3. The molecule has 3 N–H and O–H groups in total. The van der Waals surface area contributed by atoms with Gasteiger partial charge in [0.25, 0.3) is 0 Å². The average Bonchev–Trinajstić information content (AvgIpc) is 3.11. The topological polar surface area (TPSA) is 79.7 Å². The van der Waals surface area contributed by atoms with E-state index in [1.165, 1.54) is 19.3 Å². The molecule has 1 aliphatic heterocycles. The lowest BCUT2D eigenvalue weighted by molar-refractivity contribution is 0.150. The highest BCUT2D eigenvalue weighted by atomic mass is 16.3. The number of anilines is 1. The standard InChI is InChI=1S/C17H23N5O/c18-17(21-16-8-2-3-9-19-16)20-13-14(15-7-6-12-23-15)22-10-4-1-5-11-22/h2-3,6-9,12,14H,1,4-5,10-11,13H2,(H3,18,19,20,21). The van der Waals surface area contributed by atoms with Crippen LogP contribution in [-0.4, -0.2) is 35.5 Å². The molecular weight excluding hydrogens is 290 g/mol. The van der Waals surface area contributed by atoms with Crippen molar-refractivity contribution in [2.45, 2.75) is 25.3 Å². The molecule has 1 aliphatic rings. The summed E-state index contributed by atoms with van der Waals surface area (Å²) in [6.07, 6.45) is 7.18. The van der Waals surface area contributed by atoms with Gasteiger partial charge in [0.15, 0.2) is 5.96 Å². The van der Waals surface area contributed by atoms with E-state index in [4.69, 9.17) is 10.2 Å². The Morgan fingerprint density at radius 2 is 2.13 bits per heavy atom. The summed E-state index contributed by atoms with van der Waals surface area (Å²) in [5.74, 6) is 2.01. The van der Waals surface area contributed by atoms with E-state index in [0.717, 1.165) is 18.8 Å². The van der Waals surface area contributed by atoms with Gasteiger partial charge in [-0.05, 0) is 50.2 Å². The van der Waals surface area contributed by atoms with Gasteiger partial charge in [0.1, 0.15) is 11.6 Å². The Balaban J connectivity index is 1.67. The number of hydrogen-bond donors (Lipinski definition) is 2. The summed E-state index contributed by atoms with van der Waals surface area (Å²) >= 11 is 0. The lowest BCUT2D eigenvalue weighted by Gasteiger charge is -2.32. The number of aliphatic imine (C=N–C) groups is 1. The van der Waals surface area contributed by atoms with Crippen LogP contribution in [0.4, 0.5) is 5.82 Å². The minimum Gasteiger partial charge on any atom is -0.468 e. The number of guanidine groups is 1. The van der Waals surface area contributed by atoms with Crippen LogP contribution in [0.5, 0.6) is 0 Å². The molecule has 0 aromatic carbocycles. The van der Waals surface area contributed by atoms with Crippen molar-refractivity contribution >= 4 is 11.8 Å². The van der Waals surface area contributed by atoms with Gasteiger partial charge in [0.05, 0.1) is 18.8 Å². The maximum absolute atomic E-state index is 5.99. The van der Waals surface area contributed by atoms with Gasteiger partial charge in [0.2, 0.25) is 0 Å². The molecule has 0 aliphatic carbocycles. The van der Waals surface area contributed by atoms with E-state index in [1.54, 1.807) is 12.5 Å². The summed E-state index contributed by atoms with van der Waals surface area (Å²) in [4.78, 5) is 11.1. The van der Waals surface area contributed by atoms with E-state index in [9.17, 15) is 0 Å². The first kappa shape index (κ1) is 15.6. The highest BCUT2D eigenvalue weighted by molar-refractivity contribution is 5.91. The minimum absolute atomic E-state index is 0.134. The molecule has 122 valence electrons. The van der Waals surface area contributed by atoms with E-state index in [2.05, 4.69) is 20.2 Å². The highest BCUT2D eigenvalue weighted by Gasteiger charge is 2.24. The molecule has 6 nitrogen and oxygen atoms in total. The molecule has 1 fully saturated rings. The number of furan rings is 1. The van der Waals surface area contributed by atoms with Gasteiger partial charge < -0.3 is 15.5 Å². The van der Waals surface area contributed by atoms with Crippen molar-refractivity contribution in [3.63, 3.8) is 0 Å². The van der Waals surface area contributed by atoms with Crippen LogP contribution in [0.1, 0.15) is 31.1 Å². The summed E-state index contributed by atoms with van der Waals surface area (Å²) in [7, 11) is 0. The summed E-state index contributed by atoms with van der Waals surface area (Å²) in [5.41, 5.74) is 5.99. The third-order valence-corrected chi connectivity index (χ3v) is 4.06. The second-order valence-electron chi connectivity index (χ2n) is 5.69. The molecule has 1 unspecified atom stereocenters. The second-order valence-corrected chi connectivity index (χ2v) is 5.69. The molecule has 0 amide bonds. The third-order valence-electron chi connectivity index (χ3n) is 4.06. The maximum atomic E-state index is 5.99. The van der Waals surface area contributed by atoms with Crippen molar-refractivity contribution in [2.75, 3.05) is 25.0 Å². The number of nitrogens with zero attached hydrogens (tertiary/aromatic N) is 3. The fraction of sp³-hybridized carbons (Fsp3) is 0.412. The third kappa shape index (κ3) is 4.32. The van der Waals surface area contributed by atoms with Gasteiger partial charge in [-0.15, -0.1) is 0 Å². The van der Waals surface area contributed by atoms with Gasteiger partial charge in [-0.3, -0.25) is 9.89 Å².